The molecule has 142 valence electrons. The van der Waals surface area contributed by atoms with Crippen molar-refractivity contribution < 1.29 is 9.90 Å². The maximum absolute atomic E-state index is 12.0. The predicted octanol–water partition coefficient (Wildman–Crippen LogP) is 3.37. The summed E-state index contributed by atoms with van der Waals surface area (Å²) < 4.78 is 0. The van der Waals surface area contributed by atoms with Gasteiger partial charge in [0, 0.05) is 18.8 Å². The third kappa shape index (κ3) is 7.61. The van der Waals surface area contributed by atoms with Crippen LogP contribution in [-0.4, -0.2) is 36.6 Å². The maximum Gasteiger partial charge on any atom is 0.246 e. The number of guanidine groups is 1. The van der Waals surface area contributed by atoms with E-state index in [0.717, 1.165) is 13.1 Å². The topological polar surface area (TPSA) is 85.8 Å². The van der Waals surface area contributed by atoms with Crippen molar-refractivity contribution in [3.63, 3.8) is 0 Å². The van der Waals surface area contributed by atoms with Gasteiger partial charge in [-0.2, -0.15) is 11.3 Å². The van der Waals surface area contributed by atoms with Gasteiger partial charge in [0.25, 0.3) is 0 Å². The molecule has 0 aliphatic heterocycles. The molecule has 0 radical (unpaired) electrons. The predicted molar refractivity (Wildman–Crippen MR) is 119 cm³/mol. The molecular weight excluding hydrogens is 463 g/mol. The number of carbonyl (C=O) groups is 1. The molecule has 0 aliphatic rings. The molecule has 0 spiro atoms. The van der Waals surface area contributed by atoms with Crippen molar-refractivity contribution in [2.24, 2.45) is 4.99 Å². The van der Waals surface area contributed by atoms with Gasteiger partial charge in [0.15, 0.2) is 5.96 Å². The van der Waals surface area contributed by atoms with E-state index in [4.69, 9.17) is 0 Å². The van der Waals surface area contributed by atoms with Gasteiger partial charge in [0.05, 0.1) is 0 Å². The Kier molecular flexibility index (Phi) is 10.0. The minimum absolute atomic E-state index is 0. The number of nitrogens with one attached hydrogen (secondary N) is 3. The van der Waals surface area contributed by atoms with E-state index in [9.17, 15) is 9.90 Å². The zero-order valence-corrected chi connectivity index (χ0v) is 18.0. The lowest BCUT2D eigenvalue weighted by atomic mass is 10.1. The Bertz CT molecular complexity index is 690. The van der Waals surface area contributed by atoms with Gasteiger partial charge in [-0.1, -0.05) is 6.92 Å². The van der Waals surface area contributed by atoms with Crippen LogP contribution in [0.5, 0.6) is 5.75 Å². The van der Waals surface area contributed by atoms with Crippen molar-refractivity contribution in [2.45, 2.75) is 19.8 Å². The number of nitrogens with zero attached hydrogens (tertiary/aromatic N) is 1. The summed E-state index contributed by atoms with van der Waals surface area (Å²) in [5.41, 5.74) is 1.92. The Labute approximate surface area is 175 Å². The van der Waals surface area contributed by atoms with E-state index in [2.05, 4.69) is 44.7 Å². The summed E-state index contributed by atoms with van der Waals surface area (Å²) in [6.45, 7) is 5.61. The van der Waals surface area contributed by atoms with Gasteiger partial charge in [0.1, 0.15) is 12.3 Å². The number of amides is 1. The lowest BCUT2D eigenvalue weighted by Gasteiger charge is -2.15. The first kappa shape index (κ1) is 22.2. The fourth-order valence-electron chi connectivity index (χ4n) is 2.16. The molecule has 0 aliphatic carbocycles. The molecule has 8 heteroatoms. The van der Waals surface area contributed by atoms with Crippen molar-refractivity contribution in [3.8, 4) is 5.75 Å². The highest BCUT2D eigenvalue weighted by molar-refractivity contribution is 14.0. The number of carbonyl (C=O) groups excluding carboxylic acids is 1. The average Bonchev–Trinajstić information content (AvgIpc) is 3.14. The molecule has 2 aromatic rings. The van der Waals surface area contributed by atoms with Gasteiger partial charge < -0.3 is 21.1 Å². The molecule has 1 aromatic carbocycles. The smallest absolute Gasteiger partial charge is 0.246 e. The summed E-state index contributed by atoms with van der Waals surface area (Å²) >= 11 is 1.69. The molecule has 6 nitrogen and oxygen atoms in total. The van der Waals surface area contributed by atoms with Crippen molar-refractivity contribution in [3.05, 3.63) is 46.7 Å². The number of rotatable bonds is 7. The second-order valence-electron chi connectivity index (χ2n) is 5.63. The van der Waals surface area contributed by atoms with E-state index < -0.39 is 0 Å². The number of aromatic hydroxyl groups is 1. The summed E-state index contributed by atoms with van der Waals surface area (Å²) in [7, 11) is 0. The van der Waals surface area contributed by atoms with Gasteiger partial charge in [-0.15, -0.1) is 24.0 Å². The molecule has 1 aromatic heterocycles. The first-order valence-corrected chi connectivity index (χ1v) is 9.16. The number of halogens is 1. The molecule has 2 rings (SSSR count). The third-order valence-corrected chi connectivity index (χ3v) is 4.27. The van der Waals surface area contributed by atoms with Crippen molar-refractivity contribution in [1.82, 2.24) is 10.6 Å². The van der Waals surface area contributed by atoms with Crippen LogP contribution in [0.3, 0.4) is 0 Å². The van der Waals surface area contributed by atoms with Crippen LogP contribution in [0.25, 0.3) is 0 Å². The summed E-state index contributed by atoms with van der Waals surface area (Å²) in [6.07, 6.45) is 0. The van der Waals surface area contributed by atoms with Crippen LogP contribution in [0.2, 0.25) is 0 Å². The number of anilines is 1. The van der Waals surface area contributed by atoms with E-state index in [1.165, 1.54) is 17.7 Å². The number of hydrogen-bond acceptors (Lipinski definition) is 4. The minimum Gasteiger partial charge on any atom is -0.508 e. The molecule has 0 saturated carbocycles. The number of phenolic OH excluding ortho intramolecular Hbond substituents is 1. The van der Waals surface area contributed by atoms with Gasteiger partial charge in [0.2, 0.25) is 5.91 Å². The van der Waals surface area contributed by atoms with Crippen LogP contribution in [0.15, 0.2) is 46.1 Å². The lowest BCUT2D eigenvalue weighted by molar-refractivity contribution is -0.114. The van der Waals surface area contributed by atoms with Gasteiger partial charge >= 0.3 is 0 Å². The van der Waals surface area contributed by atoms with Gasteiger partial charge in [-0.3, -0.25) is 4.79 Å². The highest BCUT2D eigenvalue weighted by atomic mass is 127. The van der Waals surface area contributed by atoms with Gasteiger partial charge in [-0.25, -0.2) is 4.99 Å². The highest BCUT2D eigenvalue weighted by Crippen LogP contribution is 2.17. The number of hydrogen-bond donors (Lipinski definition) is 4. The van der Waals surface area contributed by atoms with E-state index in [1.807, 2.05) is 6.92 Å². The molecule has 1 amide bonds. The van der Waals surface area contributed by atoms with Crippen molar-refractivity contribution in [2.75, 3.05) is 25.0 Å². The van der Waals surface area contributed by atoms with Crippen molar-refractivity contribution >= 4 is 52.9 Å². The van der Waals surface area contributed by atoms with Gasteiger partial charge in [-0.05, 0) is 59.5 Å². The van der Waals surface area contributed by atoms with E-state index in [-0.39, 0.29) is 42.2 Å². The molecule has 0 fully saturated rings. The molecule has 0 saturated heterocycles. The van der Waals surface area contributed by atoms with E-state index >= 15 is 0 Å². The molecule has 1 heterocycles. The largest absolute Gasteiger partial charge is 0.508 e. The summed E-state index contributed by atoms with van der Waals surface area (Å²) in [6, 6.07) is 8.45. The summed E-state index contributed by atoms with van der Waals surface area (Å²) in [5.74, 6) is 0.925. The normalized spacial score (nSPS) is 12.0. The Hall–Kier alpha value is -1.81. The fraction of sp³-hybridized carbons (Fsp3) is 0.333. The van der Waals surface area contributed by atoms with Crippen LogP contribution in [0.1, 0.15) is 25.3 Å². The Morgan fingerprint density at radius 1 is 1.23 bits per heavy atom. The lowest BCUT2D eigenvalue weighted by Crippen LogP contribution is -2.39. The quantitative estimate of drug-likeness (QED) is 0.209. The van der Waals surface area contributed by atoms with Crippen LogP contribution in [0, 0.1) is 0 Å². The average molecular weight is 488 g/mol. The second-order valence-corrected chi connectivity index (χ2v) is 6.41. The standard InChI is InChI=1S/C18H24N4O2S.HI/c1-3-19-18(20-10-13(2)14-8-9-25-12-14)21-11-17(24)22-15-4-6-16(23)7-5-15;/h4-9,12-13,23H,3,10-11H2,1-2H3,(H,22,24)(H2,19,20,21);1H. The molecule has 1 atom stereocenters. The van der Waals surface area contributed by atoms with Crippen LogP contribution < -0.4 is 16.0 Å². The van der Waals surface area contributed by atoms with Crippen LogP contribution in [0.4, 0.5) is 5.69 Å². The first-order chi connectivity index (χ1) is 12.1. The Morgan fingerprint density at radius 3 is 2.58 bits per heavy atom. The minimum atomic E-state index is -0.214. The number of phenols is 1. The molecule has 26 heavy (non-hydrogen) atoms. The highest BCUT2D eigenvalue weighted by Gasteiger charge is 2.08. The van der Waals surface area contributed by atoms with E-state index in [1.54, 1.807) is 23.5 Å². The SMILES string of the molecule is CCNC(=NCC(=O)Nc1ccc(O)cc1)NCC(C)c1ccsc1.I. The number of aliphatic imine (C=N–C) groups is 1. The summed E-state index contributed by atoms with van der Waals surface area (Å²) in [5, 5.41) is 22.6. The third-order valence-electron chi connectivity index (χ3n) is 3.56. The molecule has 0 bridgehead atoms. The molecule has 4 N–H and O–H groups in total. The van der Waals surface area contributed by atoms with Crippen LogP contribution in [-0.2, 0) is 4.79 Å². The second kappa shape index (κ2) is 11.7. The Balaban J connectivity index is 0.00000338. The molecular formula is C18H25IN4O2S. The van der Waals surface area contributed by atoms with Crippen molar-refractivity contribution in [1.29, 1.82) is 0 Å². The fourth-order valence-corrected chi connectivity index (χ4v) is 2.94. The monoisotopic (exact) mass is 488 g/mol. The first-order valence-electron chi connectivity index (χ1n) is 8.21. The number of thiophene rings is 1. The maximum atomic E-state index is 12.0. The number of benzene rings is 1. The van der Waals surface area contributed by atoms with E-state index in [0.29, 0.717) is 17.6 Å². The zero-order valence-electron chi connectivity index (χ0n) is 14.9. The Morgan fingerprint density at radius 2 is 1.96 bits per heavy atom. The summed E-state index contributed by atoms with van der Waals surface area (Å²) in [4.78, 5) is 16.3. The van der Waals surface area contributed by atoms with Crippen LogP contribution >= 0.6 is 35.3 Å². The zero-order chi connectivity index (χ0) is 18.1. The molecule has 1 unspecified atom stereocenters.